The standard InChI is InChI=1S/C22H25NO3S/c1-22(2,3)15-9-11-20-18(13-15)19-14-16(10-12-21(19)26-20)23-27(24,25)17-7-5-4-6-8-17/h4-8,10,12,14-15,23H,9,11,13H2,1-3H3/t15-/m0/s1. The van der Waals surface area contributed by atoms with E-state index in [1.165, 1.54) is 5.56 Å². The van der Waals surface area contributed by atoms with Gasteiger partial charge in [-0.15, -0.1) is 0 Å². The molecule has 0 spiro atoms. The molecular weight excluding hydrogens is 358 g/mol. The van der Waals surface area contributed by atoms with Gasteiger partial charge >= 0.3 is 0 Å². The van der Waals surface area contributed by atoms with Gasteiger partial charge < -0.3 is 4.42 Å². The van der Waals surface area contributed by atoms with Gasteiger partial charge in [-0.2, -0.15) is 0 Å². The Balaban J connectivity index is 1.69. The predicted molar refractivity (Wildman–Crippen MR) is 108 cm³/mol. The summed E-state index contributed by atoms with van der Waals surface area (Å²) in [7, 11) is -3.60. The number of rotatable bonds is 3. The molecule has 1 heterocycles. The van der Waals surface area contributed by atoms with E-state index in [0.29, 0.717) is 11.6 Å². The quantitative estimate of drug-likeness (QED) is 0.660. The molecule has 3 aromatic rings. The Labute approximate surface area is 160 Å². The minimum atomic E-state index is -3.60. The van der Waals surface area contributed by atoms with E-state index in [0.717, 1.165) is 36.0 Å². The lowest BCUT2D eigenvalue weighted by Gasteiger charge is -2.33. The van der Waals surface area contributed by atoms with Crippen molar-refractivity contribution in [2.45, 2.75) is 44.9 Å². The second-order valence-corrected chi connectivity index (χ2v) is 10.1. The lowest BCUT2D eigenvalue weighted by molar-refractivity contribution is 0.210. The van der Waals surface area contributed by atoms with E-state index in [9.17, 15) is 8.42 Å². The van der Waals surface area contributed by atoms with Crippen LogP contribution in [0.2, 0.25) is 0 Å². The molecule has 0 unspecified atom stereocenters. The van der Waals surface area contributed by atoms with Gasteiger partial charge in [0.2, 0.25) is 0 Å². The fourth-order valence-electron chi connectivity index (χ4n) is 3.90. The Morgan fingerprint density at radius 3 is 2.52 bits per heavy atom. The summed E-state index contributed by atoms with van der Waals surface area (Å²) in [6.07, 6.45) is 3.04. The first-order valence-corrected chi connectivity index (χ1v) is 10.8. The van der Waals surface area contributed by atoms with Crippen LogP contribution in [0.1, 0.15) is 38.5 Å². The number of nitrogens with one attached hydrogen (secondary N) is 1. The molecule has 0 amide bonds. The number of fused-ring (bicyclic) bond motifs is 3. The third-order valence-electron chi connectivity index (χ3n) is 5.58. The molecule has 0 saturated heterocycles. The van der Waals surface area contributed by atoms with E-state index >= 15 is 0 Å². The molecule has 142 valence electrons. The molecule has 4 rings (SSSR count). The zero-order valence-electron chi connectivity index (χ0n) is 16.0. The highest BCUT2D eigenvalue weighted by Crippen LogP contribution is 2.41. The molecule has 2 aromatic carbocycles. The predicted octanol–water partition coefficient (Wildman–Crippen LogP) is 5.38. The van der Waals surface area contributed by atoms with Crippen LogP contribution in [0.3, 0.4) is 0 Å². The molecule has 0 radical (unpaired) electrons. The maximum atomic E-state index is 12.6. The Hall–Kier alpha value is -2.27. The molecule has 0 bridgehead atoms. The van der Waals surface area contributed by atoms with E-state index in [-0.39, 0.29) is 10.3 Å². The first kappa shape index (κ1) is 18.1. The van der Waals surface area contributed by atoms with Gasteiger partial charge in [0, 0.05) is 23.1 Å². The summed E-state index contributed by atoms with van der Waals surface area (Å²) in [5, 5.41) is 1.02. The zero-order valence-corrected chi connectivity index (χ0v) is 16.8. The van der Waals surface area contributed by atoms with Crippen LogP contribution in [-0.4, -0.2) is 8.42 Å². The number of hydrogen-bond acceptors (Lipinski definition) is 3. The van der Waals surface area contributed by atoms with Crippen molar-refractivity contribution in [2.75, 3.05) is 4.72 Å². The van der Waals surface area contributed by atoms with Crippen LogP contribution in [-0.2, 0) is 22.9 Å². The molecule has 1 N–H and O–H groups in total. The number of hydrogen-bond donors (Lipinski definition) is 1. The Morgan fingerprint density at radius 1 is 1.07 bits per heavy atom. The summed E-state index contributed by atoms with van der Waals surface area (Å²) in [5.74, 6) is 1.64. The van der Waals surface area contributed by atoms with Crippen molar-refractivity contribution in [2.24, 2.45) is 11.3 Å². The molecule has 27 heavy (non-hydrogen) atoms. The molecule has 0 saturated carbocycles. The van der Waals surface area contributed by atoms with Crippen LogP contribution in [0.4, 0.5) is 5.69 Å². The first-order valence-electron chi connectivity index (χ1n) is 9.36. The maximum absolute atomic E-state index is 12.6. The zero-order chi connectivity index (χ0) is 19.2. The largest absolute Gasteiger partial charge is 0.461 e. The Bertz CT molecular complexity index is 1080. The maximum Gasteiger partial charge on any atom is 0.261 e. The lowest BCUT2D eigenvalue weighted by Crippen LogP contribution is -2.26. The lowest BCUT2D eigenvalue weighted by atomic mass is 9.71. The van der Waals surface area contributed by atoms with Gasteiger partial charge in [-0.1, -0.05) is 39.0 Å². The number of anilines is 1. The molecule has 0 aliphatic heterocycles. The highest BCUT2D eigenvalue weighted by molar-refractivity contribution is 7.92. The smallest absolute Gasteiger partial charge is 0.261 e. The van der Waals surface area contributed by atoms with Crippen molar-refractivity contribution in [1.82, 2.24) is 0 Å². The number of benzene rings is 2. The van der Waals surface area contributed by atoms with E-state index in [2.05, 4.69) is 25.5 Å². The van der Waals surface area contributed by atoms with Crippen LogP contribution in [0.25, 0.3) is 11.0 Å². The molecule has 1 aliphatic rings. The third kappa shape index (κ3) is 3.48. The fraction of sp³-hybridized carbons (Fsp3) is 0.364. The van der Waals surface area contributed by atoms with Crippen LogP contribution in [0, 0.1) is 11.3 Å². The Morgan fingerprint density at radius 2 is 1.81 bits per heavy atom. The fourth-order valence-corrected chi connectivity index (χ4v) is 4.97. The molecular formula is C22H25NO3S. The summed E-state index contributed by atoms with van der Waals surface area (Å²) in [6.45, 7) is 6.85. The van der Waals surface area contributed by atoms with Gasteiger partial charge in [0.1, 0.15) is 11.3 Å². The van der Waals surface area contributed by atoms with Gasteiger partial charge in [-0.05, 0) is 54.5 Å². The third-order valence-corrected chi connectivity index (χ3v) is 6.97. The topological polar surface area (TPSA) is 59.3 Å². The summed E-state index contributed by atoms with van der Waals surface area (Å²) >= 11 is 0. The van der Waals surface area contributed by atoms with Crippen LogP contribution in [0.15, 0.2) is 57.8 Å². The second kappa shape index (κ2) is 6.41. The van der Waals surface area contributed by atoms with Crippen molar-refractivity contribution in [1.29, 1.82) is 0 Å². The van der Waals surface area contributed by atoms with Crippen LogP contribution in [0.5, 0.6) is 0 Å². The van der Waals surface area contributed by atoms with Gasteiger partial charge in [0.05, 0.1) is 4.90 Å². The SMILES string of the molecule is CC(C)(C)[C@H]1CCc2oc3ccc(NS(=O)(=O)c4ccccc4)cc3c2C1. The first-order chi connectivity index (χ1) is 12.7. The van der Waals surface area contributed by atoms with Crippen molar-refractivity contribution >= 4 is 26.7 Å². The number of aryl methyl sites for hydroxylation is 1. The molecule has 1 atom stereocenters. The average molecular weight is 384 g/mol. The van der Waals surface area contributed by atoms with Crippen LogP contribution < -0.4 is 4.72 Å². The van der Waals surface area contributed by atoms with Gasteiger partial charge in [0.25, 0.3) is 10.0 Å². The van der Waals surface area contributed by atoms with Gasteiger partial charge in [0.15, 0.2) is 0 Å². The van der Waals surface area contributed by atoms with Crippen molar-refractivity contribution in [3.63, 3.8) is 0 Å². The molecule has 0 fully saturated rings. The highest BCUT2D eigenvalue weighted by Gasteiger charge is 2.31. The van der Waals surface area contributed by atoms with Gasteiger partial charge in [-0.25, -0.2) is 8.42 Å². The second-order valence-electron chi connectivity index (χ2n) is 8.44. The normalized spacial score (nSPS) is 17.7. The monoisotopic (exact) mass is 383 g/mol. The number of sulfonamides is 1. The van der Waals surface area contributed by atoms with E-state index in [4.69, 9.17) is 4.42 Å². The van der Waals surface area contributed by atoms with Crippen molar-refractivity contribution in [3.05, 3.63) is 59.9 Å². The summed E-state index contributed by atoms with van der Waals surface area (Å²) in [5.41, 5.74) is 2.87. The molecule has 1 aliphatic carbocycles. The van der Waals surface area contributed by atoms with Gasteiger partial charge in [-0.3, -0.25) is 4.72 Å². The minimum Gasteiger partial charge on any atom is -0.461 e. The van der Waals surface area contributed by atoms with Crippen LogP contribution >= 0.6 is 0 Å². The summed E-state index contributed by atoms with van der Waals surface area (Å²) in [4.78, 5) is 0.257. The number of furan rings is 1. The highest BCUT2D eigenvalue weighted by atomic mass is 32.2. The average Bonchev–Trinajstić information content (AvgIpc) is 2.99. The van der Waals surface area contributed by atoms with Crippen molar-refractivity contribution in [3.8, 4) is 0 Å². The van der Waals surface area contributed by atoms with E-state index in [1.807, 2.05) is 12.1 Å². The molecule has 4 nitrogen and oxygen atoms in total. The molecule has 1 aromatic heterocycles. The summed E-state index contributed by atoms with van der Waals surface area (Å²) in [6, 6.07) is 14.0. The Kier molecular flexibility index (Phi) is 4.30. The van der Waals surface area contributed by atoms with E-state index < -0.39 is 10.0 Å². The van der Waals surface area contributed by atoms with E-state index in [1.54, 1.807) is 36.4 Å². The van der Waals surface area contributed by atoms with Crippen molar-refractivity contribution < 1.29 is 12.8 Å². The molecule has 5 heteroatoms. The minimum absolute atomic E-state index is 0.244. The summed E-state index contributed by atoms with van der Waals surface area (Å²) < 4.78 is 34.0.